The fourth-order valence-electron chi connectivity index (χ4n) is 1.10. The van der Waals surface area contributed by atoms with Crippen LogP contribution in [-0.4, -0.2) is 12.6 Å². The van der Waals surface area contributed by atoms with Crippen LogP contribution in [0, 0.1) is 0 Å². The zero-order valence-electron chi connectivity index (χ0n) is 7.45. The molecule has 1 aromatic rings. The van der Waals surface area contributed by atoms with Crippen molar-refractivity contribution < 1.29 is 14.6 Å². The normalized spacial score (nSPS) is 9.62. The van der Waals surface area contributed by atoms with Crippen molar-refractivity contribution >= 4 is 5.97 Å². The third-order valence-electron chi connectivity index (χ3n) is 1.61. The van der Waals surface area contributed by atoms with E-state index in [1.165, 1.54) is 0 Å². The van der Waals surface area contributed by atoms with E-state index in [4.69, 9.17) is 4.74 Å². The number of hydrogen-bond donors (Lipinski definition) is 0. The minimum Gasteiger partial charge on any atom is -0.494 e. The van der Waals surface area contributed by atoms with Crippen LogP contribution in [0.25, 0.3) is 0 Å². The molecule has 0 aliphatic rings. The molecule has 69 valence electrons. The van der Waals surface area contributed by atoms with Crippen LogP contribution >= 0.6 is 0 Å². The number of rotatable bonds is 4. The molecular formula is C10H11O3. The lowest BCUT2D eigenvalue weighted by molar-refractivity contribution is -0.142. The lowest BCUT2D eigenvalue weighted by Crippen LogP contribution is -2.02. The van der Waals surface area contributed by atoms with Crippen LogP contribution in [0.4, 0.5) is 0 Å². The summed E-state index contributed by atoms with van der Waals surface area (Å²) in [6, 6.07) is 7.06. The minimum atomic E-state index is -1.09. The summed E-state index contributed by atoms with van der Waals surface area (Å²) in [5.74, 6) is -0.471. The lowest BCUT2D eigenvalue weighted by atomic mass is 10.1. The molecule has 3 nitrogen and oxygen atoms in total. The average molecular weight is 179 g/mol. The Kier molecular flexibility index (Phi) is 3.31. The van der Waals surface area contributed by atoms with Crippen molar-refractivity contribution in [2.75, 3.05) is 6.61 Å². The lowest BCUT2D eigenvalue weighted by Gasteiger charge is -2.06. The molecule has 0 amide bonds. The Labute approximate surface area is 77.0 Å². The topological polar surface area (TPSA) is 46.2 Å². The molecule has 0 aromatic heterocycles. The van der Waals surface area contributed by atoms with Crippen molar-refractivity contribution in [3.8, 4) is 5.75 Å². The van der Waals surface area contributed by atoms with E-state index in [0.29, 0.717) is 17.9 Å². The highest BCUT2D eigenvalue weighted by Crippen LogP contribution is 2.18. The molecule has 0 spiro atoms. The largest absolute Gasteiger partial charge is 0.494 e. The molecule has 0 aliphatic heterocycles. The highest BCUT2D eigenvalue weighted by Gasteiger charge is 2.07. The van der Waals surface area contributed by atoms with Crippen molar-refractivity contribution in [2.45, 2.75) is 13.3 Å². The van der Waals surface area contributed by atoms with Gasteiger partial charge in [-0.1, -0.05) is 18.2 Å². The summed E-state index contributed by atoms with van der Waals surface area (Å²) in [5, 5.41) is 10.4. The first-order chi connectivity index (χ1) is 6.24. The number of carbonyl (C=O) groups excluding carboxylic acids is 1. The summed E-state index contributed by atoms with van der Waals surface area (Å²) >= 11 is 0. The van der Waals surface area contributed by atoms with E-state index >= 15 is 0 Å². The number of ether oxygens (including phenoxy) is 1. The van der Waals surface area contributed by atoms with Gasteiger partial charge in [0.1, 0.15) is 5.75 Å². The highest BCUT2D eigenvalue weighted by atomic mass is 16.5. The molecule has 1 radical (unpaired) electrons. The van der Waals surface area contributed by atoms with Gasteiger partial charge in [-0.25, -0.2) is 9.90 Å². The smallest absolute Gasteiger partial charge is 0.360 e. The Morgan fingerprint density at radius 3 is 2.69 bits per heavy atom. The zero-order chi connectivity index (χ0) is 9.68. The summed E-state index contributed by atoms with van der Waals surface area (Å²) in [5.41, 5.74) is 0.657. The maximum Gasteiger partial charge on any atom is 0.360 e. The number of benzene rings is 1. The van der Waals surface area contributed by atoms with Crippen molar-refractivity contribution in [2.24, 2.45) is 0 Å². The third kappa shape index (κ3) is 2.78. The first-order valence-electron chi connectivity index (χ1n) is 4.14. The fraction of sp³-hybridized carbons (Fsp3) is 0.300. The predicted molar refractivity (Wildman–Crippen MR) is 47.0 cm³/mol. The first-order valence-corrected chi connectivity index (χ1v) is 4.14. The molecule has 3 heteroatoms. The molecule has 13 heavy (non-hydrogen) atoms. The van der Waals surface area contributed by atoms with Gasteiger partial charge in [0.05, 0.1) is 13.0 Å². The summed E-state index contributed by atoms with van der Waals surface area (Å²) in [4.78, 5) is 10.4. The number of hydrogen-bond acceptors (Lipinski definition) is 2. The summed E-state index contributed by atoms with van der Waals surface area (Å²) in [7, 11) is 0. The molecule has 1 rings (SSSR count). The minimum absolute atomic E-state index is 0.101. The zero-order valence-corrected chi connectivity index (χ0v) is 7.45. The van der Waals surface area contributed by atoms with Crippen molar-refractivity contribution in [3.05, 3.63) is 29.8 Å². The van der Waals surface area contributed by atoms with Gasteiger partial charge in [0.15, 0.2) is 0 Å². The number of carbonyl (C=O) groups is 1. The van der Waals surface area contributed by atoms with E-state index < -0.39 is 5.97 Å². The van der Waals surface area contributed by atoms with Crippen molar-refractivity contribution in [1.29, 1.82) is 0 Å². The molecule has 0 saturated carbocycles. The average Bonchev–Trinajstić information content (AvgIpc) is 2.08. The Hall–Kier alpha value is -1.51. The van der Waals surface area contributed by atoms with E-state index in [1.807, 2.05) is 13.0 Å². The quantitative estimate of drug-likeness (QED) is 0.704. The van der Waals surface area contributed by atoms with Crippen LogP contribution in [0.15, 0.2) is 24.3 Å². The maximum absolute atomic E-state index is 10.4. The molecular weight excluding hydrogens is 168 g/mol. The van der Waals surface area contributed by atoms with Gasteiger partial charge in [0.25, 0.3) is 0 Å². The van der Waals surface area contributed by atoms with Gasteiger partial charge in [-0.15, -0.1) is 0 Å². The van der Waals surface area contributed by atoms with Crippen LogP contribution in [0.3, 0.4) is 0 Å². The van der Waals surface area contributed by atoms with Crippen molar-refractivity contribution in [1.82, 2.24) is 0 Å². The van der Waals surface area contributed by atoms with E-state index in [2.05, 4.69) is 0 Å². The molecule has 0 fully saturated rings. The number of para-hydroxylation sites is 1. The second-order valence-electron chi connectivity index (χ2n) is 2.59. The van der Waals surface area contributed by atoms with Crippen LogP contribution in [-0.2, 0) is 16.3 Å². The Morgan fingerprint density at radius 2 is 2.08 bits per heavy atom. The standard InChI is InChI=1S/C10H11O3/c1-2-13-9-6-4-3-5-8(9)7-10(11)12/h3-6H,2,7H2,1H3. The van der Waals surface area contributed by atoms with E-state index in [-0.39, 0.29) is 6.42 Å². The van der Waals surface area contributed by atoms with Gasteiger partial charge in [-0.2, -0.15) is 0 Å². The first kappa shape index (κ1) is 9.58. The third-order valence-corrected chi connectivity index (χ3v) is 1.61. The summed E-state index contributed by atoms with van der Waals surface area (Å²) < 4.78 is 5.25. The summed E-state index contributed by atoms with van der Waals surface area (Å²) in [6.45, 7) is 2.39. The molecule has 1 aromatic carbocycles. The highest BCUT2D eigenvalue weighted by molar-refractivity contribution is 5.70. The fourth-order valence-corrected chi connectivity index (χ4v) is 1.10. The van der Waals surface area contributed by atoms with Crippen LogP contribution < -0.4 is 4.74 Å². The van der Waals surface area contributed by atoms with Gasteiger partial charge in [0.2, 0.25) is 0 Å². The van der Waals surface area contributed by atoms with Crippen LogP contribution in [0.2, 0.25) is 0 Å². The molecule has 0 N–H and O–H groups in total. The van der Waals surface area contributed by atoms with E-state index in [9.17, 15) is 9.90 Å². The predicted octanol–water partition coefficient (Wildman–Crippen LogP) is 1.58. The second kappa shape index (κ2) is 4.50. The maximum atomic E-state index is 10.4. The molecule has 0 aliphatic carbocycles. The summed E-state index contributed by atoms with van der Waals surface area (Å²) in [6.07, 6.45) is -0.101. The van der Waals surface area contributed by atoms with Crippen LogP contribution in [0.5, 0.6) is 5.75 Å². The van der Waals surface area contributed by atoms with Gasteiger partial charge >= 0.3 is 5.97 Å². The van der Waals surface area contributed by atoms with Crippen LogP contribution in [0.1, 0.15) is 12.5 Å². The van der Waals surface area contributed by atoms with Gasteiger partial charge < -0.3 is 4.74 Å². The Morgan fingerprint density at radius 1 is 1.38 bits per heavy atom. The second-order valence-corrected chi connectivity index (χ2v) is 2.59. The molecule has 0 heterocycles. The van der Waals surface area contributed by atoms with E-state index in [1.54, 1.807) is 18.2 Å². The Balaban J connectivity index is 2.84. The van der Waals surface area contributed by atoms with E-state index in [0.717, 1.165) is 0 Å². The molecule has 0 saturated heterocycles. The molecule has 0 unspecified atom stereocenters. The SMILES string of the molecule is CCOc1ccccc1CC([O])=O. The van der Waals surface area contributed by atoms with Crippen molar-refractivity contribution in [3.63, 3.8) is 0 Å². The monoisotopic (exact) mass is 179 g/mol. The Bertz CT molecular complexity index is 294. The molecule has 0 atom stereocenters. The molecule has 0 bridgehead atoms. The van der Waals surface area contributed by atoms with Gasteiger partial charge in [-0.3, -0.25) is 0 Å². The van der Waals surface area contributed by atoms with Gasteiger partial charge in [0, 0.05) is 5.56 Å². The van der Waals surface area contributed by atoms with Gasteiger partial charge in [-0.05, 0) is 13.0 Å².